The van der Waals surface area contributed by atoms with E-state index in [9.17, 15) is 4.39 Å². The fourth-order valence-corrected chi connectivity index (χ4v) is 3.91. The number of halogens is 1. The highest BCUT2D eigenvalue weighted by molar-refractivity contribution is 5.48. The number of nitrogens with zero attached hydrogens (tertiary/aromatic N) is 2. The minimum Gasteiger partial charge on any atom is -0.367 e. The van der Waals surface area contributed by atoms with Crippen molar-refractivity contribution in [1.29, 1.82) is 0 Å². The zero-order valence-corrected chi connectivity index (χ0v) is 15.5. The third-order valence-electron chi connectivity index (χ3n) is 5.41. The van der Waals surface area contributed by atoms with E-state index in [-0.39, 0.29) is 5.82 Å². The number of rotatable bonds is 5. The summed E-state index contributed by atoms with van der Waals surface area (Å²) in [6.45, 7) is 4.60. The lowest BCUT2D eigenvalue weighted by atomic mass is 9.90. The molecule has 0 atom stereocenters. The average Bonchev–Trinajstić information content (AvgIpc) is 2.74. The summed E-state index contributed by atoms with van der Waals surface area (Å²) in [5.74, 6) is 0.227. The molecule has 1 heterocycles. The van der Waals surface area contributed by atoms with Crippen LogP contribution >= 0.6 is 0 Å². The summed E-state index contributed by atoms with van der Waals surface area (Å²) < 4.78 is 14.1. The average molecular weight is 360 g/mol. The minimum atomic E-state index is -0.127. The summed E-state index contributed by atoms with van der Waals surface area (Å²) in [6, 6.07) is 28.5. The van der Waals surface area contributed by atoms with Gasteiger partial charge in [0.2, 0.25) is 0 Å². The van der Waals surface area contributed by atoms with Crippen molar-refractivity contribution in [3.05, 3.63) is 102 Å². The molecule has 2 nitrogen and oxygen atoms in total. The van der Waals surface area contributed by atoms with Crippen LogP contribution in [0.1, 0.15) is 17.0 Å². The molecule has 1 fully saturated rings. The Labute approximate surface area is 160 Å². The minimum absolute atomic E-state index is 0.127. The van der Waals surface area contributed by atoms with Crippen molar-refractivity contribution < 1.29 is 4.39 Å². The predicted molar refractivity (Wildman–Crippen MR) is 110 cm³/mol. The molecule has 0 N–H and O–H groups in total. The van der Waals surface area contributed by atoms with Crippen LogP contribution in [0.4, 0.5) is 10.1 Å². The van der Waals surface area contributed by atoms with Gasteiger partial charge in [-0.1, -0.05) is 72.8 Å². The van der Waals surface area contributed by atoms with Gasteiger partial charge in [-0.15, -0.1) is 0 Å². The van der Waals surface area contributed by atoms with Crippen molar-refractivity contribution in [2.24, 2.45) is 0 Å². The zero-order valence-electron chi connectivity index (χ0n) is 15.5. The predicted octanol–water partition coefficient (Wildman–Crippen LogP) is 4.78. The summed E-state index contributed by atoms with van der Waals surface area (Å²) in [7, 11) is 0. The highest BCUT2D eigenvalue weighted by atomic mass is 19.1. The second kappa shape index (κ2) is 8.36. The van der Waals surface area contributed by atoms with Crippen LogP contribution in [-0.2, 0) is 0 Å². The molecule has 0 bridgehead atoms. The van der Waals surface area contributed by atoms with Gasteiger partial charge in [0.25, 0.3) is 0 Å². The first kappa shape index (κ1) is 17.7. The standard InChI is InChI=1S/C24H25FN2/c25-23-13-7-8-14-24(23)27-17-15-26(16-18-27)19-22(20-9-3-1-4-10-20)21-11-5-2-6-12-21/h1-14,22H,15-19H2. The van der Waals surface area contributed by atoms with Gasteiger partial charge in [-0.25, -0.2) is 4.39 Å². The summed E-state index contributed by atoms with van der Waals surface area (Å²) >= 11 is 0. The molecule has 1 aliphatic heterocycles. The van der Waals surface area contributed by atoms with E-state index in [4.69, 9.17) is 0 Å². The monoisotopic (exact) mass is 360 g/mol. The molecular weight excluding hydrogens is 335 g/mol. The van der Waals surface area contributed by atoms with Crippen LogP contribution in [0, 0.1) is 5.82 Å². The first-order valence-corrected chi connectivity index (χ1v) is 9.63. The van der Waals surface area contributed by atoms with Crippen molar-refractivity contribution in [3.8, 4) is 0 Å². The summed E-state index contributed by atoms with van der Waals surface area (Å²) in [5, 5.41) is 0. The van der Waals surface area contributed by atoms with E-state index in [1.165, 1.54) is 11.1 Å². The van der Waals surface area contributed by atoms with Crippen molar-refractivity contribution >= 4 is 5.69 Å². The van der Waals surface area contributed by atoms with Crippen LogP contribution < -0.4 is 4.90 Å². The molecule has 0 amide bonds. The third-order valence-corrected chi connectivity index (χ3v) is 5.41. The van der Waals surface area contributed by atoms with Gasteiger partial charge in [-0.2, -0.15) is 0 Å². The first-order valence-electron chi connectivity index (χ1n) is 9.63. The number of para-hydroxylation sites is 1. The maximum absolute atomic E-state index is 14.1. The molecule has 3 aromatic rings. The maximum atomic E-state index is 14.1. The van der Waals surface area contributed by atoms with Gasteiger partial charge in [0.15, 0.2) is 0 Å². The second-order valence-electron chi connectivity index (χ2n) is 7.11. The fourth-order valence-electron chi connectivity index (χ4n) is 3.91. The van der Waals surface area contributed by atoms with Crippen LogP contribution in [0.5, 0.6) is 0 Å². The lowest BCUT2D eigenvalue weighted by molar-refractivity contribution is 0.250. The number of benzene rings is 3. The fraction of sp³-hybridized carbons (Fsp3) is 0.250. The molecule has 0 aromatic heterocycles. The zero-order chi connectivity index (χ0) is 18.5. The Balaban J connectivity index is 1.46. The van der Waals surface area contributed by atoms with Gasteiger partial charge in [0.1, 0.15) is 5.82 Å². The van der Waals surface area contributed by atoms with Crippen molar-refractivity contribution in [1.82, 2.24) is 4.90 Å². The normalized spacial score (nSPS) is 15.3. The van der Waals surface area contributed by atoms with Gasteiger partial charge in [-0.3, -0.25) is 4.90 Å². The van der Waals surface area contributed by atoms with Gasteiger partial charge in [0.05, 0.1) is 5.69 Å². The molecule has 1 aliphatic rings. The van der Waals surface area contributed by atoms with Crippen LogP contribution in [0.3, 0.4) is 0 Å². The molecule has 3 aromatic carbocycles. The van der Waals surface area contributed by atoms with E-state index in [2.05, 4.69) is 70.5 Å². The van der Waals surface area contributed by atoms with Crippen LogP contribution in [0.15, 0.2) is 84.9 Å². The molecule has 138 valence electrons. The van der Waals surface area contributed by atoms with Gasteiger partial charge in [0, 0.05) is 38.6 Å². The Hall–Kier alpha value is -2.65. The molecule has 0 aliphatic carbocycles. The van der Waals surface area contributed by atoms with Gasteiger partial charge in [-0.05, 0) is 23.3 Å². The Morgan fingerprint density at radius 1 is 0.667 bits per heavy atom. The van der Waals surface area contributed by atoms with E-state index >= 15 is 0 Å². The first-order chi connectivity index (χ1) is 13.3. The Morgan fingerprint density at radius 3 is 1.74 bits per heavy atom. The lowest BCUT2D eigenvalue weighted by Crippen LogP contribution is -2.47. The number of anilines is 1. The third kappa shape index (κ3) is 4.20. The highest BCUT2D eigenvalue weighted by Gasteiger charge is 2.23. The van der Waals surface area contributed by atoms with Crippen molar-refractivity contribution in [3.63, 3.8) is 0 Å². The van der Waals surface area contributed by atoms with Crippen molar-refractivity contribution in [2.75, 3.05) is 37.6 Å². The molecule has 1 saturated heterocycles. The molecule has 0 spiro atoms. The van der Waals surface area contributed by atoms with E-state index in [1.807, 2.05) is 12.1 Å². The maximum Gasteiger partial charge on any atom is 0.146 e. The molecule has 27 heavy (non-hydrogen) atoms. The molecule has 0 radical (unpaired) electrons. The SMILES string of the molecule is Fc1ccccc1N1CCN(CC(c2ccccc2)c2ccccc2)CC1. The van der Waals surface area contributed by atoms with Crippen LogP contribution in [-0.4, -0.2) is 37.6 Å². The number of piperazine rings is 1. The lowest BCUT2D eigenvalue weighted by Gasteiger charge is -2.38. The van der Waals surface area contributed by atoms with Gasteiger partial charge >= 0.3 is 0 Å². The molecule has 4 rings (SSSR count). The summed E-state index contributed by atoms with van der Waals surface area (Å²) in [5.41, 5.74) is 3.42. The summed E-state index contributed by atoms with van der Waals surface area (Å²) in [4.78, 5) is 4.66. The Bertz CT molecular complexity index is 803. The highest BCUT2D eigenvalue weighted by Crippen LogP contribution is 2.27. The van der Waals surface area contributed by atoms with E-state index in [0.29, 0.717) is 5.92 Å². The smallest absolute Gasteiger partial charge is 0.146 e. The second-order valence-corrected chi connectivity index (χ2v) is 7.11. The molecule has 0 saturated carbocycles. The number of hydrogen-bond acceptors (Lipinski definition) is 2. The molecule has 0 unspecified atom stereocenters. The Kier molecular flexibility index (Phi) is 5.50. The van der Waals surface area contributed by atoms with Crippen LogP contribution in [0.25, 0.3) is 0 Å². The number of hydrogen-bond donors (Lipinski definition) is 0. The van der Waals surface area contributed by atoms with Gasteiger partial charge < -0.3 is 4.90 Å². The molecular formula is C24H25FN2. The summed E-state index contributed by atoms with van der Waals surface area (Å²) in [6.07, 6.45) is 0. The quantitative estimate of drug-likeness (QED) is 0.646. The topological polar surface area (TPSA) is 6.48 Å². The Morgan fingerprint density at radius 2 is 1.19 bits per heavy atom. The van der Waals surface area contributed by atoms with E-state index in [1.54, 1.807) is 12.1 Å². The van der Waals surface area contributed by atoms with E-state index in [0.717, 1.165) is 38.4 Å². The largest absolute Gasteiger partial charge is 0.367 e. The van der Waals surface area contributed by atoms with Crippen LogP contribution in [0.2, 0.25) is 0 Å². The van der Waals surface area contributed by atoms with Crippen molar-refractivity contribution in [2.45, 2.75) is 5.92 Å². The molecule has 3 heteroatoms. The van der Waals surface area contributed by atoms with E-state index < -0.39 is 0 Å².